The first-order valence-corrected chi connectivity index (χ1v) is 6.36. The highest BCUT2D eigenvalue weighted by atomic mass is 16.5. The summed E-state index contributed by atoms with van der Waals surface area (Å²) in [7, 11) is 1.36. The third kappa shape index (κ3) is 3.05. The lowest BCUT2D eigenvalue weighted by atomic mass is 10.2. The fourth-order valence-electron chi connectivity index (χ4n) is 2.17. The Bertz CT molecular complexity index is 487. The molecule has 1 aliphatic heterocycles. The molecular formula is C14H18N2O3. The van der Waals surface area contributed by atoms with Gasteiger partial charge < -0.3 is 15.0 Å². The number of carbonyl (C=O) groups is 2. The highest BCUT2D eigenvalue weighted by Gasteiger charge is 2.22. The molecule has 0 aliphatic carbocycles. The average Bonchev–Trinajstić information content (AvgIpc) is 2.84. The number of carbonyl (C=O) groups excluding carboxylic acids is 2. The molecule has 1 aliphatic rings. The summed E-state index contributed by atoms with van der Waals surface area (Å²) >= 11 is 0. The number of benzene rings is 1. The number of hydrogen-bond donors (Lipinski definition) is 1. The number of esters is 1. The van der Waals surface area contributed by atoms with Gasteiger partial charge in [0.25, 0.3) is 0 Å². The molecule has 5 nitrogen and oxygen atoms in total. The maximum absolute atomic E-state index is 11.7. The van der Waals surface area contributed by atoms with Crippen LogP contribution in [0.3, 0.4) is 0 Å². The predicted molar refractivity (Wildman–Crippen MR) is 73.1 cm³/mol. The molecule has 1 aromatic rings. The number of amides is 1. The Morgan fingerprint density at radius 2 is 2.26 bits per heavy atom. The van der Waals surface area contributed by atoms with Crippen molar-refractivity contribution in [3.8, 4) is 0 Å². The lowest BCUT2D eigenvalue weighted by Crippen LogP contribution is -2.27. The molecule has 1 amide bonds. The SMILES string of the molecule is COC(=O)C(C)Nc1cccc(N2CCCC2=O)c1. The highest BCUT2D eigenvalue weighted by Crippen LogP contribution is 2.24. The second-order valence-corrected chi connectivity index (χ2v) is 4.59. The summed E-state index contributed by atoms with van der Waals surface area (Å²) in [5.74, 6) is -0.166. The normalized spacial score (nSPS) is 16.3. The molecule has 5 heteroatoms. The van der Waals surface area contributed by atoms with Crippen LogP contribution in [0, 0.1) is 0 Å². The number of methoxy groups -OCH3 is 1. The molecular weight excluding hydrogens is 244 g/mol. The van der Waals surface area contributed by atoms with Crippen molar-refractivity contribution < 1.29 is 14.3 Å². The summed E-state index contributed by atoms with van der Waals surface area (Å²) in [6.45, 7) is 2.49. The largest absolute Gasteiger partial charge is 0.467 e. The topological polar surface area (TPSA) is 58.6 Å². The molecule has 0 spiro atoms. The third-order valence-corrected chi connectivity index (χ3v) is 3.17. The van der Waals surface area contributed by atoms with Crippen LogP contribution in [-0.2, 0) is 14.3 Å². The van der Waals surface area contributed by atoms with E-state index in [-0.39, 0.29) is 11.9 Å². The van der Waals surface area contributed by atoms with E-state index in [4.69, 9.17) is 0 Å². The van der Waals surface area contributed by atoms with Gasteiger partial charge in [-0.25, -0.2) is 4.79 Å². The zero-order valence-electron chi connectivity index (χ0n) is 11.2. The van der Waals surface area contributed by atoms with Crippen molar-refractivity contribution in [3.05, 3.63) is 24.3 Å². The van der Waals surface area contributed by atoms with Gasteiger partial charge in [0, 0.05) is 24.3 Å². The Kier molecular flexibility index (Phi) is 4.04. The van der Waals surface area contributed by atoms with Crippen molar-refractivity contribution in [2.45, 2.75) is 25.8 Å². The molecule has 0 bridgehead atoms. The predicted octanol–water partition coefficient (Wildman–Crippen LogP) is 1.79. The molecule has 19 heavy (non-hydrogen) atoms. The van der Waals surface area contributed by atoms with Gasteiger partial charge in [-0.1, -0.05) is 6.07 Å². The minimum Gasteiger partial charge on any atom is -0.467 e. The summed E-state index contributed by atoms with van der Waals surface area (Å²) in [5.41, 5.74) is 1.67. The fraction of sp³-hybridized carbons (Fsp3) is 0.429. The second kappa shape index (κ2) is 5.73. The maximum atomic E-state index is 11.7. The van der Waals surface area contributed by atoms with E-state index in [0.29, 0.717) is 6.42 Å². The quantitative estimate of drug-likeness (QED) is 0.840. The van der Waals surface area contributed by atoms with Crippen molar-refractivity contribution >= 4 is 23.3 Å². The summed E-state index contributed by atoms with van der Waals surface area (Å²) in [5, 5.41) is 3.06. The summed E-state index contributed by atoms with van der Waals surface area (Å²) in [6.07, 6.45) is 1.51. The van der Waals surface area contributed by atoms with E-state index in [1.807, 2.05) is 24.3 Å². The van der Waals surface area contributed by atoms with Crippen molar-refractivity contribution in [1.82, 2.24) is 0 Å². The van der Waals surface area contributed by atoms with E-state index in [0.717, 1.165) is 24.3 Å². The number of anilines is 2. The smallest absolute Gasteiger partial charge is 0.327 e. The summed E-state index contributed by atoms with van der Waals surface area (Å²) in [6, 6.07) is 7.09. The van der Waals surface area contributed by atoms with E-state index in [2.05, 4.69) is 10.1 Å². The molecule has 1 aromatic carbocycles. The molecule has 1 saturated heterocycles. The molecule has 1 fully saturated rings. The Balaban J connectivity index is 2.11. The maximum Gasteiger partial charge on any atom is 0.327 e. The Morgan fingerprint density at radius 1 is 1.47 bits per heavy atom. The van der Waals surface area contributed by atoms with E-state index in [1.165, 1.54) is 7.11 Å². The highest BCUT2D eigenvalue weighted by molar-refractivity contribution is 5.95. The van der Waals surface area contributed by atoms with Crippen molar-refractivity contribution in [3.63, 3.8) is 0 Å². The van der Waals surface area contributed by atoms with Crippen LogP contribution in [0.15, 0.2) is 24.3 Å². The monoisotopic (exact) mass is 262 g/mol. The molecule has 1 N–H and O–H groups in total. The third-order valence-electron chi connectivity index (χ3n) is 3.17. The first-order valence-electron chi connectivity index (χ1n) is 6.36. The molecule has 0 aromatic heterocycles. The van der Waals surface area contributed by atoms with Crippen molar-refractivity contribution in [1.29, 1.82) is 0 Å². The lowest BCUT2D eigenvalue weighted by Gasteiger charge is -2.18. The van der Waals surface area contributed by atoms with Gasteiger partial charge in [0.1, 0.15) is 6.04 Å². The van der Waals surface area contributed by atoms with Gasteiger partial charge in [0.05, 0.1) is 7.11 Å². The van der Waals surface area contributed by atoms with Gasteiger partial charge in [0.15, 0.2) is 0 Å². The van der Waals surface area contributed by atoms with Crippen LogP contribution in [0.2, 0.25) is 0 Å². The number of nitrogens with one attached hydrogen (secondary N) is 1. The van der Waals surface area contributed by atoms with Gasteiger partial charge >= 0.3 is 5.97 Å². The first-order chi connectivity index (χ1) is 9.11. The van der Waals surface area contributed by atoms with E-state index in [1.54, 1.807) is 11.8 Å². The molecule has 0 radical (unpaired) electrons. The number of hydrogen-bond acceptors (Lipinski definition) is 4. The van der Waals surface area contributed by atoms with Gasteiger partial charge in [-0.05, 0) is 31.5 Å². The van der Waals surface area contributed by atoms with Crippen LogP contribution < -0.4 is 10.2 Å². The zero-order valence-corrected chi connectivity index (χ0v) is 11.2. The Labute approximate surface area is 112 Å². The average molecular weight is 262 g/mol. The van der Waals surface area contributed by atoms with Crippen LogP contribution in [0.4, 0.5) is 11.4 Å². The molecule has 0 saturated carbocycles. The van der Waals surface area contributed by atoms with Crippen molar-refractivity contribution in [2.24, 2.45) is 0 Å². The van der Waals surface area contributed by atoms with Crippen LogP contribution in [0.1, 0.15) is 19.8 Å². The summed E-state index contributed by atoms with van der Waals surface area (Å²) in [4.78, 5) is 24.8. The van der Waals surface area contributed by atoms with Crippen LogP contribution in [0.5, 0.6) is 0 Å². The van der Waals surface area contributed by atoms with Gasteiger partial charge in [-0.2, -0.15) is 0 Å². The van der Waals surface area contributed by atoms with Crippen LogP contribution >= 0.6 is 0 Å². The number of rotatable bonds is 4. The van der Waals surface area contributed by atoms with E-state index in [9.17, 15) is 9.59 Å². The molecule has 1 heterocycles. The van der Waals surface area contributed by atoms with E-state index < -0.39 is 6.04 Å². The van der Waals surface area contributed by atoms with Crippen LogP contribution in [0.25, 0.3) is 0 Å². The molecule has 1 unspecified atom stereocenters. The van der Waals surface area contributed by atoms with Gasteiger partial charge in [0.2, 0.25) is 5.91 Å². The Morgan fingerprint density at radius 3 is 2.89 bits per heavy atom. The summed E-state index contributed by atoms with van der Waals surface area (Å²) < 4.78 is 4.67. The Hall–Kier alpha value is -2.04. The number of ether oxygens (including phenoxy) is 1. The zero-order chi connectivity index (χ0) is 13.8. The van der Waals surface area contributed by atoms with Crippen LogP contribution in [-0.4, -0.2) is 31.6 Å². The standard InChI is InChI=1S/C14H18N2O3/c1-10(14(18)19-2)15-11-5-3-6-12(9-11)16-8-4-7-13(16)17/h3,5-6,9-10,15H,4,7-8H2,1-2H3. The van der Waals surface area contributed by atoms with Gasteiger partial charge in [-0.15, -0.1) is 0 Å². The lowest BCUT2D eigenvalue weighted by molar-refractivity contribution is -0.141. The molecule has 2 rings (SSSR count). The second-order valence-electron chi connectivity index (χ2n) is 4.59. The first kappa shape index (κ1) is 13.4. The van der Waals surface area contributed by atoms with Crippen molar-refractivity contribution in [2.75, 3.05) is 23.9 Å². The van der Waals surface area contributed by atoms with E-state index >= 15 is 0 Å². The fourth-order valence-corrected chi connectivity index (χ4v) is 2.17. The van der Waals surface area contributed by atoms with Gasteiger partial charge in [-0.3, -0.25) is 4.79 Å². The molecule has 102 valence electrons. The number of nitrogens with zero attached hydrogens (tertiary/aromatic N) is 1. The molecule has 1 atom stereocenters. The minimum absolute atomic E-state index is 0.151. The minimum atomic E-state index is -0.422.